The van der Waals surface area contributed by atoms with Gasteiger partial charge in [-0.2, -0.15) is 0 Å². The molecule has 2 rings (SSSR count). The van der Waals surface area contributed by atoms with E-state index in [1.165, 1.54) is 5.56 Å². The first kappa shape index (κ1) is 14.7. The minimum Gasteiger partial charge on any atom is -0.311 e. The number of hydrogen-bond donors (Lipinski definition) is 1. The summed E-state index contributed by atoms with van der Waals surface area (Å²) >= 11 is 0. The monoisotopic (exact) mass is 272 g/mol. The summed E-state index contributed by atoms with van der Waals surface area (Å²) in [6, 6.07) is 8.55. The minimum atomic E-state index is 0.173. The van der Waals surface area contributed by atoms with Crippen molar-refractivity contribution >= 4 is 0 Å². The maximum Gasteiger partial charge on any atom is 0.0783 e. The minimum absolute atomic E-state index is 0.173. The van der Waals surface area contributed by atoms with E-state index in [1.807, 2.05) is 10.9 Å². The van der Waals surface area contributed by atoms with E-state index in [1.54, 1.807) is 0 Å². The van der Waals surface area contributed by atoms with Gasteiger partial charge in [0, 0.05) is 6.54 Å². The first-order valence-corrected chi connectivity index (χ1v) is 7.23. The molecule has 0 aliphatic carbocycles. The molecule has 0 amide bonds. The summed E-state index contributed by atoms with van der Waals surface area (Å²) in [6.07, 6.45) is 2.95. The van der Waals surface area contributed by atoms with Gasteiger partial charge in [-0.25, -0.2) is 4.68 Å². The summed E-state index contributed by atoms with van der Waals surface area (Å²) in [4.78, 5) is 0. The van der Waals surface area contributed by atoms with Crippen molar-refractivity contribution < 1.29 is 0 Å². The van der Waals surface area contributed by atoms with Crippen LogP contribution in [0, 0.1) is 0 Å². The average Bonchev–Trinajstić information content (AvgIpc) is 2.87. The molecule has 0 atom stereocenters. The van der Waals surface area contributed by atoms with Crippen molar-refractivity contribution in [2.24, 2.45) is 0 Å². The van der Waals surface area contributed by atoms with Crippen molar-refractivity contribution in [3.8, 4) is 5.69 Å². The van der Waals surface area contributed by atoms with E-state index in [4.69, 9.17) is 0 Å². The zero-order valence-electron chi connectivity index (χ0n) is 12.8. The molecule has 4 heteroatoms. The Morgan fingerprint density at radius 3 is 2.45 bits per heavy atom. The van der Waals surface area contributed by atoms with Crippen LogP contribution in [0.15, 0.2) is 30.5 Å². The lowest BCUT2D eigenvalue weighted by molar-refractivity contribution is 0.589. The molecule has 108 valence electrons. The number of benzene rings is 1. The molecule has 1 N–H and O–H groups in total. The van der Waals surface area contributed by atoms with E-state index in [0.29, 0.717) is 0 Å². The second kappa shape index (κ2) is 6.18. The lowest BCUT2D eigenvalue weighted by Crippen LogP contribution is -2.17. The Morgan fingerprint density at radius 1 is 1.15 bits per heavy atom. The first-order chi connectivity index (χ1) is 9.52. The van der Waals surface area contributed by atoms with Crippen LogP contribution < -0.4 is 5.32 Å². The molecule has 0 aliphatic heterocycles. The standard InChI is InChI=1S/C16H24N4/c1-5-10-17-11-15-12-18-19-20(15)14-8-6-13(7-9-14)16(2,3)4/h6-9,12,17H,5,10-11H2,1-4H3. The fourth-order valence-electron chi connectivity index (χ4n) is 2.09. The molecule has 0 radical (unpaired) electrons. The molecular weight excluding hydrogens is 248 g/mol. The molecule has 0 unspecified atom stereocenters. The van der Waals surface area contributed by atoms with Crippen LogP contribution in [0.3, 0.4) is 0 Å². The van der Waals surface area contributed by atoms with Gasteiger partial charge in [0.15, 0.2) is 0 Å². The van der Waals surface area contributed by atoms with Gasteiger partial charge in [-0.05, 0) is 36.1 Å². The van der Waals surface area contributed by atoms with Crippen LogP contribution in [0.1, 0.15) is 45.4 Å². The lowest BCUT2D eigenvalue weighted by Gasteiger charge is -2.19. The summed E-state index contributed by atoms with van der Waals surface area (Å²) in [6.45, 7) is 10.6. The van der Waals surface area contributed by atoms with Crippen LogP contribution in [-0.4, -0.2) is 21.5 Å². The summed E-state index contributed by atoms with van der Waals surface area (Å²) < 4.78 is 1.90. The van der Waals surface area contributed by atoms with Crippen LogP contribution >= 0.6 is 0 Å². The van der Waals surface area contributed by atoms with E-state index in [2.05, 4.69) is 67.6 Å². The summed E-state index contributed by atoms with van der Waals surface area (Å²) in [5, 5.41) is 11.6. The summed E-state index contributed by atoms with van der Waals surface area (Å²) in [7, 11) is 0. The zero-order valence-corrected chi connectivity index (χ0v) is 12.8. The van der Waals surface area contributed by atoms with Gasteiger partial charge < -0.3 is 5.32 Å². The highest BCUT2D eigenvalue weighted by Gasteiger charge is 2.13. The Bertz CT molecular complexity index is 534. The Hall–Kier alpha value is -1.68. The fraction of sp³-hybridized carbons (Fsp3) is 0.500. The SMILES string of the molecule is CCCNCc1cnnn1-c1ccc(C(C)(C)C)cc1. The Morgan fingerprint density at radius 2 is 1.85 bits per heavy atom. The Labute approximate surface area is 121 Å². The van der Waals surface area contributed by atoms with Crippen LogP contribution in [0.4, 0.5) is 0 Å². The normalized spacial score (nSPS) is 11.8. The van der Waals surface area contributed by atoms with Gasteiger partial charge in [0.25, 0.3) is 0 Å². The van der Waals surface area contributed by atoms with Crippen molar-refractivity contribution in [1.82, 2.24) is 20.3 Å². The molecule has 0 saturated carbocycles. The van der Waals surface area contributed by atoms with Gasteiger partial charge in [0.05, 0.1) is 17.6 Å². The third-order valence-electron chi connectivity index (χ3n) is 3.33. The largest absolute Gasteiger partial charge is 0.311 e. The van der Waals surface area contributed by atoms with Gasteiger partial charge >= 0.3 is 0 Å². The van der Waals surface area contributed by atoms with Crippen molar-refractivity contribution in [2.75, 3.05) is 6.54 Å². The quantitative estimate of drug-likeness (QED) is 0.851. The van der Waals surface area contributed by atoms with Crippen LogP contribution in [-0.2, 0) is 12.0 Å². The molecule has 0 aliphatic rings. The summed E-state index contributed by atoms with van der Waals surface area (Å²) in [5.41, 5.74) is 3.64. The number of aromatic nitrogens is 3. The van der Waals surface area contributed by atoms with E-state index >= 15 is 0 Å². The lowest BCUT2D eigenvalue weighted by atomic mass is 9.87. The van der Waals surface area contributed by atoms with E-state index < -0.39 is 0 Å². The van der Waals surface area contributed by atoms with Crippen molar-refractivity contribution in [3.05, 3.63) is 41.7 Å². The number of nitrogens with one attached hydrogen (secondary N) is 1. The highest BCUT2D eigenvalue weighted by atomic mass is 15.4. The second-order valence-electron chi connectivity index (χ2n) is 6.11. The van der Waals surface area contributed by atoms with Gasteiger partial charge in [-0.3, -0.25) is 0 Å². The molecule has 0 bridgehead atoms. The molecule has 1 heterocycles. The van der Waals surface area contributed by atoms with Gasteiger partial charge in [0.2, 0.25) is 0 Å². The van der Waals surface area contributed by atoms with Crippen LogP contribution in [0.25, 0.3) is 5.69 Å². The Kier molecular flexibility index (Phi) is 4.55. The van der Waals surface area contributed by atoms with Crippen molar-refractivity contribution in [3.63, 3.8) is 0 Å². The molecule has 0 fully saturated rings. The topological polar surface area (TPSA) is 42.7 Å². The predicted molar refractivity (Wildman–Crippen MR) is 82.1 cm³/mol. The van der Waals surface area contributed by atoms with Crippen LogP contribution in [0.5, 0.6) is 0 Å². The van der Waals surface area contributed by atoms with Crippen LogP contribution in [0.2, 0.25) is 0 Å². The fourth-order valence-corrected chi connectivity index (χ4v) is 2.09. The van der Waals surface area contributed by atoms with Gasteiger partial charge in [-0.15, -0.1) is 5.10 Å². The maximum atomic E-state index is 4.18. The van der Waals surface area contributed by atoms with Crippen molar-refractivity contribution in [1.29, 1.82) is 0 Å². The highest BCUT2D eigenvalue weighted by molar-refractivity contribution is 5.37. The highest BCUT2D eigenvalue weighted by Crippen LogP contribution is 2.23. The molecule has 4 nitrogen and oxygen atoms in total. The maximum absolute atomic E-state index is 4.18. The number of rotatable bonds is 5. The number of nitrogens with zero attached hydrogens (tertiary/aromatic N) is 3. The molecule has 2 aromatic rings. The third kappa shape index (κ3) is 3.45. The van der Waals surface area contributed by atoms with E-state index in [-0.39, 0.29) is 5.41 Å². The van der Waals surface area contributed by atoms with E-state index in [0.717, 1.165) is 30.9 Å². The Balaban J connectivity index is 2.18. The van der Waals surface area contributed by atoms with Crippen molar-refractivity contribution in [2.45, 2.75) is 46.1 Å². The smallest absolute Gasteiger partial charge is 0.0783 e. The molecule has 0 saturated heterocycles. The van der Waals surface area contributed by atoms with Gasteiger partial charge in [0.1, 0.15) is 0 Å². The average molecular weight is 272 g/mol. The van der Waals surface area contributed by atoms with Gasteiger partial charge in [-0.1, -0.05) is 45.0 Å². The molecule has 1 aromatic heterocycles. The number of hydrogen-bond acceptors (Lipinski definition) is 3. The zero-order chi connectivity index (χ0) is 14.6. The molecule has 1 aromatic carbocycles. The molecule has 0 spiro atoms. The molecular formula is C16H24N4. The summed E-state index contributed by atoms with van der Waals surface area (Å²) in [5.74, 6) is 0. The predicted octanol–water partition coefficient (Wildman–Crippen LogP) is 3.06. The molecule has 20 heavy (non-hydrogen) atoms. The first-order valence-electron chi connectivity index (χ1n) is 7.23. The third-order valence-corrected chi connectivity index (χ3v) is 3.33. The second-order valence-corrected chi connectivity index (χ2v) is 6.11. The van der Waals surface area contributed by atoms with E-state index in [9.17, 15) is 0 Å².